The van der Waals surface area contributed by atoms with Crippen molar-refractivity contribution in [3.05, 3.63) is 41.6 Å². The molecule has 106 valence electrons. The molecule has 0 saturated heterocycles. The number of hydrogen-bond donors (Lipinski definition) is 0. The zero-order valence-corrected chi connectivity index (χ0v) is 10.7. The van der Waals surface area contributed by atoms with Crippen molar-refractivity contribution < 1.29 is 22.7 Å². The topological polar surface area (TPSA) is 39.2 Å². The second-order valence-electron chi connectivity index (χ2n) is 4.25. The molecule has 0 bridgehead atoms. The van der Waals surface area contributed by atoms with Crippen LogP contribution in [-0.4, -0.2) is 18.1 Å². The van der Waals surface area contributed by atoms with E-state index in [4.69, 9.17) is 0 Å². The number of benzene rings is 1. The van der Waals surface area contributed by atoms with E-state index in [1.54, 1.807) is 18.2 Å². The van der Waals surface area contributed by atoms with E-state index in [1.165, 1.54) is 13.2 Å². The molecule has 0 N–H and O–H groups in total. The molecule has 0 saturated carbocycles. The summed E-state index contributed by atoms with van der Waals surface area (Å²) in [7, 11) is 1.26. The Morgan fingerprint density at radius 2 is 2.00 bits per heavy atom. The summed E-state index contributed by atoms with van der Waals surface area (Å²) in [4.78, 5) is 15.1. The maximum absolute atomic E-state index is 12.9. The number of carbonyl (C=O) groups excluding carboxylic acids is 1. The van der Waals surface area contributed by atoms with Gasteiger partial charge in [0.1, 0.15) is 0 Å². The van der Waals surface area contributed by atoms with Crippen LogP contribution >= 0.6 is 0 Å². The maximum atomic E-state index is 12.9. The lowest BCUT2D eigenvalue weighted by molar-refractivity contribution is -0.140. The highest BCUT2D eigenvalue weighted by Crippen LogP contribution is 2.33. The van der Waals surface area contributed by atoms with E-state index in [9.17, 15) is 18.0 Å². The first-order valence-corrected chi connectivity index (χ1v) is 5.94. The summed E-state index contributed by atoms with van der Waals surface area (Å²) in [5.41, 5.74) is -0.433. The smallest absolute Gasteiger partial charge is 0.418 e. The van der Waals surface area contributed by atoms with Crippen LogP contribution in [0.25, 0.3) is 10.9 Å². The summed E-state index contributed by atoms with van der Waals surface area (Å²) in [5, 5.41) is 0.418. The van der Waals surface area contributed by atoms with Crippen molar-refractivity contribution in [3.63, 3.8) is 0 Å². The Hall–Kier alpha value is -2.11. The molecule has 0 atom stereocenters. The Morgan fingerprint density at radius 1 is 1.25 bits per heavy atom. The number of para-hydroxylation sites is 1. The number of methoxy groups -OCH3 is 1. The zero-order chi connectivity index (χ0) is 14.8. The number of aryl methyl sites for hydroxylation is 1. The minimum Gasteiger partial charge on any atom is -0.469 e. The number of carbonyl (C=O) groups is 1. The molecule has 0 radical (unpaired) electrons. The van der Waals surface area contributed by atoms with Gasteiger partial charge in [-0.25, -0.2) is 0 Å². The molecule has 3 nitrogen and oxygen atoms in total. The number of ether oxygens (including phenoxy) is 1. The van der Waals surface area contributed by atoms with Crippen LogP contribution in [0.4, 0.5) is 13.2 Å². The molecular formula is C14H12F3NO2. The summed E-state index contributed by atoms with van der Waals surface area (Å²) in [6, 6.07) is 7.11. The zero-order valence-electron chi connectivity index (χ0n) is 10.7. The second kappa shape index (κ2) is 5.48. The Labute approximate surface area is 113 Å². The first kappa shape index (κ1) is 14.3. The van der Waals surface area contributed by atoms with Crippen LogP contribution < -0.4 is 0 Å². The van der Waals surface area contributed by atoms with Crippen LogP contribution in [0.15, 0.2) is 30.3 Å². The summed E-state index contributed by atoms with van der Waals surface area (Å²) in [6.07, 6.45) is -4.12. The normalized spacial score (nSPS) is 11.6. The highest BCUT2D eigenvalue weighted by Gasteiger charge is 2.33. The molecule has 0 aliphatic carbocycles. The van der Waals surface area contributed by atoms with Gasteiger partial charge in [0.25, 0.3) is 0 Å². The van der Waals surface area contributed by atoms with Crippen molar-refractivity contribution in [2.75, 3.05) is 7.11 Å². The monoisotopic (exact) mass is 283 g/mol. The van der Waals surface area contributed by atoms with E-state index in [-0.39, 0.29) is 18.4 Å². The van der Waals surface area contributed by atoms with Gasteiger partial charge in [-0.1, -0.05) is 18.2 Å². The quantitative estimate of drug-likeness (QED) is 0.811. The molecule has 0 amide bonds. The fourth-order valence-electron chi connectivity index (χ4n) is 1.89. The summed E-state index contributed by atoms with van der Waals surface area (Å²) in [6.45, 7) is 0. The van der Waals surface area contributed by atoms with E-state index >= 15 is 0 Å². The lowest BCUT2D eigenvalue weighted by atomic mass is 10.1. The fourth-order valence-corrected chi connectivity index (χ4v) is 1.89. The third-order valence-corrected chi connectivity index (χ3v) is 2.90. The summed E-state index contributed by atoms with van der Waals surface area (Å²) < 4.78 is 43.2. The van der Waals surface area contributed by atoms with Crippen LogP contribution in [-0.2, 0) is 22.1 Å². The Balaban J connectivity index is 2.39. The third-order valence-electron chi connectivity index (χ3n) is 2.90. The van der Waals surface area contributed by atoms with Crippen LogP contribution in [0.1, 0.15) is 17.7 Å². The number of pyridine rings is 1. The minimum absolute atomic E-state index is 0.0865. The first-order valence-electron chi connectivity index (χ1n) is 5.94. The molecule has 0 fully saturated rings. The van der Waals surface area contributed by atoms with Gasteiger partial charge in [0, 0.05) is 17.5 Å². The highest BCUT2D eigenvalue weighted by atomic mass is 19.4. The van der Waals surface area contributed by atoms with Crippen LogP contribution in [0.5, 0.6) is 0 Å². The van der Waals surface area contributed by atoms with E-state index in [0.717, 1.165) is 6.07 Å². The number of rotatable bonds is 3. The van der Waals surface area contributed by atoms with Crippen molar-refractivity contribution in [1.82, 2.24) is 4.98 Å². The molecule has 6 heteroatoms. The van der Waals surface area contributed by atoms with Crippen molar-refractivity contribution in [2.24, 2.45) is 0 Å². The molecule has 2 aromatic rings. The van der Waals surface area contributed by atoms with Crippen molar-refractivity contribution in [1.29, 1.82) is 0 Å². The molecule has 0 spiro atoms. The third kappa shape index (κ3) is 3.07. The van der Waals surface area contributed by atoms with Crippen LogP contribution in [0, 0.1) is 0 Å². The van der Waals surface area contributed by atoms with Gasteiger partial charge in [0.15, 0.2) is 0 Å². The predicted octanol–water partition coefficient (Wildman–Crippen LogP) is 3.36. The minimum atomic E-state index is -4.45. The average molecular weight is 283 g/mol. The standard InChI is InChI=1S/C14H12F3NO2/c1-20-12(19)8-7-10-6-5-9-3-2-4-11(13(9)18-10)14(15,16)17/h2-6H,7-8H2,1H3. The van der Waals surface area contributed by atoms with Gasteiger partial charge < -0.3 is 4.74 Å². The molecule has 1 aromatic carbocycles. The number of alkyl halides is 3. The summed E-state index contributed by atoms with van der Waals surface area (Å²) in [5.74, 6) is -0.420. The van der Waals surface area contributed by atoms with Gasteiger partial charge in [-0.2, -0.15) is 13.2 Å². The first-order chi connectivity index (χ1) is 9.41. The Bertz CT molecular complexity index is 638. The van der Waals surface area contributed by atoms with Gasteiger partial charge in [-0.15, -0.1) is 0 Å². The Kier molecular flexibility index (Phi) is 3.92. The number of nitrogens with zero attached hydrogens (tertiary/aromatic N) is 1. The molecule has 1 aromatic heterocycles. The largest absolute Gasteiger partial charge is 0.469 e. The lowest BCUT2D eigenvalue weighted by Gasteiger charge is -2.10. The van der Waals surface area contributed by atoms with Crippen molar-refractivity contribution in [2.45, 2.75) is 19.0 Å². The number of esters is 1. The van der Waals surface area contributed by atoms with E-state index in [0.29, 0.717) is 11.1 Å². The predicted molar refractivity (Wildman–Crippen MR) is 67.1 cm³/mol. The van der Waals surface area contributed by atoms with Gasteiger partial charge in [-0.3, -0.25) is 9.78 Å². The number of halogens is 3. The van der Waals surface area contributed by atoms with E-state index < -0.39 is 17.7 Å². The van der Waals surface area contributed by atoms with Crippen molar-refractivity contribution in [3.8, 4) is 0 Å². The fraction of sp³-hybridized carbons (Fsp3) is 0.286. The molecule has 0 aliphatic rings. The van der Waals surface area contributed by atoms with Crippen LogP contribution in [0.2, 0.25) is 0 Å². The van der Waals surface area contributed by atoms with Crippen LogP contribution in [0.3, 0.4) is 0 Å². The lowest BCUT2D eigenvalue weighted by Crippen LogP contribution is -2.08. The van der Waals surface area contributed by atoms with E-state index in [1.807, 2.05) is 0 Å². The molecule has 0 unspecified atom stereocenters. The number of fused-ring (bicyclic) bond motifs is 1. The average Bonchev–Trinajstić information content (AvgIpc) is 2.42. The highest BCUT2D eigenvalue weighted by molar-refractivity contribution is 5.82. The molecule has 0 aliphatic heterocycles. The Morgan fingerprint density at radius 3 is 2.65 bits per heavy atom. The van der Waals surface area contributed by atoms with Gasteiger partial charge in [-0.05, 0) is 12.1 Å². The summed E-state index contributed by atoms with van der Waals surface area (Å²) >= 11 is 0. The molecule has 20 heavy (non-hydrogen) atoms. The van der Waals surface area contributed by atoms with Gasteiger partial charge in [0.2, 0.25) is 0 Å². The van der Waals surface area contributed by atoms with E-state index in [2.05, 4.69) is 9.72 Å². The molecule has 2 rings (SSSR count). The van der Waals surface area contributed by atoms with Crippen molar-refractivity contribution >= 4 is 16.9 Å². The number of aromatic nitrogens is 1. The van der Waals surface area contributed by atoms with Gasteiger partial charge >= 0.3 is 12.1 Å². The second-order valence-corrected chi connectivity index (χ2v) is 4.25. The number of hydrogen-bond acceptors (Lipinski definition) is 3. The maximum Gasteiger partial charge on any atom is 0.418 e. The molecule has 1 heterocycles. The van der Waals surface area contributed by atoms with Gasteiger partial charge in [0.05, 0.1) is 24.6 Å². The molecular weight excluding hydrogens is 271 g/mol. The SMILES string of the molecule is COC(=O)CCc1ccc2cccc(C(F)(F)F)c2n1.